The average Bonchev–Trinajstić information content (AvgIpc) is 2.01. The molecule has 0 N–H and O–H groups in total. The van der Waals surface area contributed by atoms with Crippen LogP contribution in [0, 0.1) is 13.8 Å². The molecule has 0 saturated heterocycles. The monoisotopic (exact) mass is 180 g/mol. The summed E-state index contributed by atoms with van der Waals surface area (Å²) in [6.07, 6.45) is 0. The van der Waals surface area contributed by atoms with Crippen molar-refractivity contribution < 1.29 is 4.74 Å². The molecule has 0 fully saturated rings. The van der Waals surface area contributed by atoms with Gasteiger partial charge in [0.1, 0.15) is 0 Å². The predicted octanol–water partition coefficient (Wildman–Crippen LogP) is 2.63. The van der Waals surface area contributed by atoms with Gasteiger partial charge >= 0.3 is 0 Å². The standard InChI is InChI=1S/C10H12OS/c1-7-4-8(2)6-9(5-7)10(12)11-3/h4-6H,1-3H3. The molecule has 12 heavy (non-hydrogen) atoms. The largest absolute Gasteiger partial charge is 0.486 e. The third-order valence-electron chi connectivity index (χ3n) is 1.64. The molecular formula is C10H12OS. The van der Waals surface area contributed by atoms with Gasteiger partial charge in [0, 0.05) is 5.56 Å². The number of rotatable bonds is 1. The number of hydrogen-bond acceptors (Lipinski definition) is 2. The molecule has 0 radical (unpaired) electrons. The van der Waals surface area contributed by atoms with Crippen molar-refractivity contribution in [1.82, 2.24) is 0 Å². The molecule has 0 spiro atoms. The summed E-state index contributed by atoms with van der Waals surface area (Å²) in [5.41, 5.74) is 3.42. The third kappa shape index (κ3) is 2.05. The molecular weight excluding hydrogens is 168 g/mol. The molecule has 0 aromatic heterocycles. The molecule has 1 rings (SSSR count). The van der Waals surface area contributed by atoms with Gasteiger partial charge in [-0.15, -0.1) is 0 Å². The van der Waals surface area contributed by atoms with E-state index >= 15 is 0 Å². The first-order chi connectivity index (χ1) is 5.63. The van der Waals surface area contributed by atoms with E-state index in [2.05, 4.69) is 19.9 Å². The number of hydrogen-bond donors (Lipinski definition) is 0. The smallest absolute Gasteiger partial charge is 0.190 e. The SMILES string of the molecule is COC(=S)c1cc(C)cc(C)c1. The normalized spacial score (nSPS) is 9.58. The van der Waals surface area contributed by atoms with E-state index in [0.29, 0.717) is 5.05 Å². The zero-order chi connectivity index (χ0) is 9.14. The summed E-state index contributed by atoms with van der Waals surface area (Å²) < 4.78 is 4.98. The van der Waals surface area contributed by atoms with Gasteiger partial charge in [-0.3, -0.25) is 0 Å². The lowest BCUT2D eigenvalue weighted by molar-refractivity contribution is 0.416. The second-order valence-electron chi connectivity index (χ2n) is 2.87. The average molecular weight is 180 g/mol. The van der Waals surface area contributed by atoms with E-state index in [1.807, 2.05) is 12.1 Å². The van der Waals surface area contributed by atoms with Crippen molar-refractivity contribution in [1.29, 1.82) is 0 Å². The Balaban J connectivity index is 3.08. The van der Waals surface area contributed by atoms with Gasteiger partial charge < -0.3 is 4.74 Å². The zero-order valence-electron chi connectivity index (χ0n) is 7.55. The van der Waals surface area contributed by atoms with E-state index in [4.69, 9.17) is 17.0 Å². The summed E-state index contributed by atoms with van der Waals surface area (Å²) in [6.45, 7) is 4.10. The van der Waals surface area contributed by atoms with Gasteiger partial charge in [0.05, 0.1) is 7.11 Å². The molecule has 0 unspecified atom stereocenters. The topological polar surface area (TPSA) is 9.23 Å². The summed E-state index contributed by atoms with van der Waals surface area (Å²) in [5, 5.41) is 0.557. The van der Waals surface area contributed by atoms with Crippen molar-refractivity contribution in [3.63, 3.8) is 0 Å². The fourth-order valence-corrected chi connectivity index (χ4v) is 1.33. The maximum Gasteiger partial charge on any atom is 0.190 e. The number of benzene rings is 1. The van der Waals surface area contributed by atoms with E-state index < -0.39 is 0 Å². The highest BCUT2D eigenvalue weighted by molar-refractivity contribution is 7.80. The highest BCUT2D eigenvalue weighted by Crippen LogP contribution is 2.10. The Morgan fingerprint density at radius 2 is 1.67 bits per heavy atom. The van der Waals surface area contributed by atoms with Crippen LogP contribution in [0.2, 0.25) is 0 Å². The molecule has 0 aliphatic heterocycles. The molecule has 1 aromatic carbocycles. The lowest BCUT2D eigenvalue weighted by Crippen LogP contribution is -2.00. The minimum Gasteiger partial charge on any atom is -0.486 e. The Bertz CT molecular complexity index is 284. The van der Waals surface area contributed by atoms with Gasteiger partial charge in [0.2, 0.25) is 0 Å². The Morgan fingerprint density at radius 1 is 1.17 bits per heavy atom. The van der Waals surface area contributed by atoms with Crippen LogP contribution >= 0.6 is 12.2 Å². The molecule has 0 heterocycles. The Labute approximate surface area is 78.4 Å². The van der Waals surface area contributed by atoms with Crippen LogP contribution in [-0.4, -0.2) is 12.2 Å². The molecule has 0 bridgehead atoms. The molecule has 0 atom stereocenters. The van der Waals surface area contributed by atoms with Gasteiger partial charge in [-0.1, -0.05) is 17.2 Å². The summed E-state index contributed by atoms with van der Waals surface area (Å²) in [6, 6.07) is 6.17. The Morgan fingerprint density at radius 3 is 2.08 bits per heavy atom. The van der Waals surface area contributed by atoms with Crippen LogP contribution in [0.1, 0.15) is 16.7 Å². The fraction of sp³-hybridized carbons (Fsp3) is 0.300. The molecule has 0 aliphatic carbocycles. The van der Waals surface area contributed by atoms with Crippen molar-refractivity contribution >= 4 is 17.3 Å². The first kappa shape index (κ1) is 9.20. The lowest BCUT2D eigenvalue weighted by Gasteiger charge is -2.04. The minimum absolute atomic E-state index is 0.557. The van der Waals surface area contributed by atoms with Crippen molar-refractivity contribution in [2.24, 2.45) is 0 Å². The molecule has 1 aromatic rings. The quantitative estimate of drug-likeness (QED) is 0.614. The number of aryl methyl sites for hydroxylation is 2. The highest BCUT2D eigenvalue weighted by Gasteiger charge is 2.00. The van der Waals surface area contributed by atoms with Crippen LogP contribution in [0.4, 0.5) is 0 Å². The molecule has 64 valence electrons. The van der Waals surface area contributed by atoms with E-state index in [-0.39, 0.29) is 0 Å². The van der Waals surface area contributed by atoms with Crippen molar-refractivity contribution in [2.75, 3.05) is 7.11 Å². The summed E-state index contributed by atoms with van der Waals surface area (Å²) in [4.78, 5) is 0. The first-order valence-corrected chi connectivity index (χ1v) is 4.21. The second-order valence-corrected chi connectivity index (χ2v) is 3.24. The maximum atomic E-state index is 5.02. The number of ether oxygens (including phenoxy) is 1. The van der Waals surface area contributed by atoms with E-state index in [0.717, 1.165) is 5.56 Å². The van der Waals surface area contributed by atoms with E-state index in [1.165, 1.54) is 11.1 Å². The van der Waals surface area contributed by atoms with Gasteiger partial charge in [0.15, 0.2) is 5.05 Å². The van der Waals surface area contributed by atoms with E-state index in [9.17, 15) is 0 Å². The third-order valence-corrected chi connectivity index (χ3v) is 2.05. The van der Waals surface area contributed by atoms with Gasteiger partial charge in [0.25, 0.3) is 0 Å². The highest BCUT2D eigenvalue weighted by atomic mass is 32.1. The lowest BCUT2D eigenvalue weighted by atomic mass is 10.1. The zero-order valence-corrected chi connectivity index (χ0v) is 8.37. The van der Waals surface area contributed by atoms with Gasteiger partial charge in [-0.05, 0) is 38.2 Å². The Kier molecular flexibility index (Phi) is 2.82. The summed E-state index contributed by atoms with van der Waals surface area (Å²) >= 11 is 5.02. The van der Waals surface area contributed by atoms with Gasteiger partial charge in [-0.25, -0.2) is 0 Å². The Hall–Kier alpha value is -0.890. The van der Waals surface area contributed by atoms with Crippen molar-refractivity contribution in [2.45, 2.75) is 13.8 Å². The predicted molar refractivity (Wildman–Crippen MR) is 54.6 cm³/mol. The second kappa shape index (κ2) is 3.68. The van der Waals surface area contributed by atoms with Crippen molar-refractivity contribution in [3.05, 3.63) is 34.9 Å². The molecule has 0 aliphatic rings. The summed E-state index contributed by atoms with van der Waals surface area (Å²) in [5.74, 6) is 0. The van der Waals surface area contributed by atoms with Crippen LogP contribution in [0.5, 0.6) is 0 Å². The van der Waals surface area contributed by atoms with Gasteiger partial charge in [-0.2, -0.15) is 0 Å². The summed E-state index contributed by atoms with van der Waals surface area (Å²) in [7, 11) is 1.60. The fourth-order valence-electron chi connectivity index (χ4n) is 1.21. The van der Waals surface area contributed by atoms with Crippen molar-refractivity contribution in [3.8, 4) is 0 Å². The number of thiocarbonyl (C=S) groups is 1. The van der Waals surface area contributed by atoms with Crippen LogP contribution in [0.3, 0.4) is 0 Å². The van der Waals surface area contributed by atoms with Crippen LogP contribution in [0.25, 0.3) is 0 Å². The van der Waals surface area contributed by atoms with Crippen LogP contribution in [0.15, 0.2) is 18.2 Å². The molecule has 0 saturated carbocycles. The molecule has 0 amide bonds. The minimum atomic E-state index is 0.557. The maximum absolute atomic E-state index is 5.02. The first-order valence-electron chi connectivity index (χ1n) is 3.80. The molecule has 1 nitrogen and oxygen atoms in total. The van der Waals surface area contributed by atoms with E-state index in [1.54, 1.807) is 7.11 Å². The molecule has 2 heteroatoms. The number of methoxy groups -OCH3 is 1. The van der Waals surface area contributed by atoms with Crippen LogP contribution in [-0.2, 0) is 4.74 Å². The van der Waals surface area contributed by atoms with Crippen LogP contribution < -0.4 is 0 Å².